The smallest absolute Gasteiger partial charge is 0.252 e. The van der Waals surface area contributed by atoms with E-state index in [1.807, 2.05) is 18.2 Å². The topological polar surface area (TPSA) is 51.1 Å². The molecule has 0 bridgehead atoms. The SMILES string of the molecule is COc1cccc(C[NH+]2CCN(S(=O)(=O)c3cccs3)CC2)c1. The minimum Gasteiger partial charge on any atom is -0.497 e. The molecule has 1 N–H and O–H groups in total. The molecule has 23 heavy (non-hydrogen) atoms. The van der Waals surface area contributed by atoms with Crippen LogP contribution in [-0.4, -0.2) is 46.0 Å². The molecule has 1 aliphatic rings. The molecule has 3 rings (SSSR count). The number of ether oxygens (including phenoxy) is 1. The summed E-state index contributed by atoms with van der Waals surface area (Å²) in [5, 5.41) is 1.80. The van der Waals surface area contributed by atoms with Crippen LogP contribution in [0, 0.1) is 0 Å². The molecule has 1 aromatic carbocycles. The van der Waals surface area contributed by atoms with E-state index < -0.39 is 10.0 Å². The Morgan fingerprint density at radius 2 is 2.00 bits per heavy atom. The summed E-state index contributed by atoms with van der Waals surface area (Å²) >= 11 is 1.28. The van der Waals surface area contributed by atoms with Crippen LogP contribution in [0.1, 0.15) is 5.56 Å². The third-order valence-corrected chi connectivity index (χ3v) is 7.38. The number of methoxy groups -OCH3 is 1. The van der Waals surface area contributed by atoms with Crippen molar-refractivity contribution in [2.45, 2.75) is 10.8 Å². The summed E-state index contributed by atoms with van der Waals surface area (Å²) in [5.74, 6) is 0.862. The maximum Gasteiger partial charge on any atom is 0.252 e. The molecule has 0 atom stereocenters. The molecular weight excluding hydrogens is 332 g/mol. The van der Waals surface area contributed by atoms with Crippen molar-refractivity contribution >= 4 is 21.4 Å². The van der Waals surface area contributed by atoms with E-state index in [-0.39, 0.29) is 0 Å². The van der Waals surface area contributed by atoms with Gasteiger partial charge < -0.3 is 9.64 Å². The zero-order chi connectivity index (χ0) is 16.3. The summed E-state index contributed by atoms with van der Waals surface area (Å²) in [6.45, 7) is 3.67. The van der Waals surface area contributed by atoms with Crippen molar-refractivity contribution in [2.24, 2.45) is 0 Å². The summed E-state index contributed by atoms with van der Waals surface area (Å²) in [7, 11) is -1.64. The van der Waals surface area contributed by atoms with Gasteiger partial charge in [-0.3, -0.25) is 0 Å². The predicted octanol–water partition coefficient (Wildman–Crippen LogP) is 0.846. The van der Waals surface area contributed by atoms with Crippen LogP contribution in [0.3, 0.4) is 0 Å². The van der Waals surface area contributed by atoms with Crippen molar-refractivity contribution < 1.29 is 18.1 Å². The fraction of sp³-hybridized carbons (Fsp3) is 0.375. The molecule has 1 aromatic heterocycles. The van der Waals surface area contributed by atoms with Crippen molar-refractivity contribution in [1.29, 1.82) is 0 Å². The molecule has 0 spiro atoms. The zero-order valence-corrected chi connectivity index (χ0v) is 14.7. The first-order valence-corrected chi connectivity index (χ1v) is 9.92. The average molecular weight is 353 g/mol. The number of nitrogens with zero attached hydrogens (tertiary/aromatic N) is 1. The molecule has 0 amide bonds. The van der Waals surface area contributed by atoms with Gasteiger partial charge in [-0.2, -0.15) is 4.31 Å². The number of hydrogen-bond acceptors (Lipinski definition) is 4. The highest BCUT2D eigenvalue weighted by Crippen LogP contribution is 2.20. The molecule has 0 unspecified atom stereocenters. The first kappa shape index (κ1) is 16.4. The van der Waals surface area contributed by atoms with Crippen LogP contribution in [0.5, 0.6) is 5.75 Å². The zero-order valence-electron chi connectivity index (χ0n) is 13.1. The highest BCUT2D eigenvalue weighted by molar-refractivity contribution is 7.91. The maximum absolute atomic E-state index is 12.5. The lowest BCUT2D eigenvalue weighted by Gasteiger charge is -2.31. The number of thiophene rings is 1. The molecule has 1 fully saturated rings. The minimum atomic E-state index is -3.31. The van der Waals surface area contributed by atoms with Crippen molar-refractivity contribution in [1.82, 2.24) is 4.31 Å². The van der Waals surface area contributed by atoms with Crippen LogP contribution in [0.15, 0.2) is 46.0 Å². The fourth-order valence-corrected chi connectivity index (χ4v) is 5.41. The van der Waals surface area contributed by atoms with E-state index in [9.17, 15) is 8.42 Å². The van der Waals surface area contributed by atoms with Crippen LogP contribution < -0.4 is 9.64 Å². The van der Waals surface area contributed by atoms with Gasteiger partial charge in [0.2, 0.25) is 0 Å². The van der Waals surface area contributed by atoms with E-state index in [0.717, 1.165) is 25.4 Å². The quantitative estimate of drug-likeness (QED) is 0.867. The normalized spacial score (nSPS) is 17.3. The third kappa shape index (κ3) is 3.74. The van der Waals surface area contributed by atoms with E-state index >= 15 is 0 Å². The van der Waals surface area contributed by atoms with Crippen molar-refractivity contribution in [2.75, 3.05) is 33.3 Å². The Labute approximate surface area is 141 Å². The van der Waals surface area contributed by atoms with Crippen LogP contribution in [-0.2, 0) is 16.6 Å². The Morgan fingerprint density at radius 3 is 2.65 bits per heavy atom. The first-order valence-electron chi connectivity index (χ1n) is 7.60. The lowest BCUT2D eigenvalue weighted by molar-refractivity contribution is -0.917. The van der Waals surface area contributed by atoms with E-state index in [0.29, 0.717) is 17.3 Å². The van der Waals surface area contributed by atoms with E-state index in [1.54, 1.807) is 28.9 Å². The van der Waals surface area contributed by atoms with Crippen LogP contribution in [0.4, 0.5) is 0 Å². The maximum atomic E-state index is 12.5. The second-order valence-electron chi connectivity index (χ2n) is 5.61. The molecule has 1 saturated heterocycles. The second kappa shape index (κ2) is 7.00. The number of hydrogen-bond donors (Lipinski definition) is 1. The lowest BCUT2D eigenvalue weighted by atomic mass is 10.2. The molecule has 5 nitrogen and oxygen atoms in total. The Morgan fingerprint density at radius 1 is 1.22 bits per heavy atom. The Bertz CT molecular complexity index is 736. The summed E-state index contributed by atoms with van der Waals surface area (Å²) in [5.41, 5.74) is 1.22. The number of rotatable bonds is 5. The third-order valence-electron chi connectivity index (χ3n) is 4.11. The Hall–Kier alpha value is -1.41. The molecule has 124 valence electrons. The molecule has 0 aliphatic carbocycles. The van der Waals surface area contributed by atoms with Gasteiger partial charge in [-0.1, -0.05) is 18.2 Å². The van der Waals surface area contributed by atoms with E-state index in [4.69, 9.17) is 4.74 Å². The Balaban J connectivity index is 1.60. The van der Waals surface area contributed by atoms with Crippen LogP contribution >= 0.6 is 11.3 Å². The van der Waals surface area contributed by atoms with Gasteiger partial charge in [0.1, 0.15) is 16.5 Å². The lowest BCUT2D eigenvalue weighted by Crippen LogP contribution is -3.13. The van der Waals surface area contributed by atoms with E-state index in [2.05, 4.69) is 6.07 Å². The monoisotopic (exact) mass is 353 g/mol. The number of piperazine rings is 1. The number of quaternary nitrogens is 1. The van der Waals surface area contributed by atoms with Gasteiger partial charge in [-0.05, 0) is 23.6 Å². The first-order chi connectivity index (χ1) is 11.1. The Kier molecular flexibility index (Phi) is 5.01. The van der Waals surface area contributed by atoms with Crippen molar-refractivity contribution in [3.63, 3.8) is 0 Å². The predicted molar refractivity (Wildman–Crippen MR) is 90.5 cm³/mol. The molecule has 2 heterocycles. The summed E-state index contributed by atoms with van der Waals surface area (Å²) < 4.78 is 32.3. The molecule has 7 heteroatoms. The van der Waals surface area contributed by atoms with Crippen LogP contribution in [0.25, 0.3) is 0 Å². The van der Waals surface area contributed by atoms with Crippen molar-refractivity contribution in [3.8, 4) is 5.75 Å². The summed E-state index contributed by atoms with van der Waals surface area (Å²) in [6, 6.07) is 11.5. The van der Waals surface area contributed by atoms with Gasteiger partial charge in [-0.25, -0.2) is 8.42 Å². The van der Waals surface area contributed by atoms with Gasteiger partial charge in [0.15, 0.2) is 0 Å². The average Bonchev–Trinajstić information content (AvgIpc) is 3.11. The van der Waals surface area contributed by atoms with Crippen molar-refractivity contribution in [3.05, 3.63) is 47.3 Å². The standard InChI is InChI=1S/C16H20N2O3S2/c1-21-15-5-2-4-14(12-15)13-17-7-9-18(10-8-17)23(19,20)16-6-3-11-22-16/h2-6,11-12H,7-10,13H2,1H3/p+1. The van der Waals surface area contributed by atoms with Gasteiger partial charge >= 0.3 is 0 Å². The van der Waals surface area contributed by atoms with Gasteiger partial charge in [0.25, 0.3) is 10.0 Å². The highest BCUT2D eigenvalue weighted by atomic mass is 32.2. The molecule has 0 radical (unpaired) electrons. The van der Waals surface area contributed by atoms with Crippen LogP contribution in [0.2, 0.25) is 0 Å². The number of nitrogens with one attached hydrogen (secondary N) is 1. The number of sulfonamides is 1. The second-order valence-corrected chi connectivity index (χ2v) is 8.73. The molecule has 1 aliphatic heterocycles. The molecule has 2 aromatic rings. The molecule has 0 saturated carbocycles. The summed E-state index contributed by atoms with van der Waals surface area (Å²) in [6.07, 6.45) is 0. The minimum absolute atomic E-state index is 0.439. The molecular formula is C16H21N2O3S2+. The summed E-state index contributed by atoms with van der Waals surface area (Å²) in [4.78, 5) is 1.40. The fourth-order valence-electron chi connectivity index (χ4n) is 2.83. The highest BCUT2D eigenvalue weighted by Gasteiger charge is 2.30. The largest absolute Gasteiger partial charge is 0.497 e. The van der Waals surface area contributed by atoms with Gasteiger partial charge in [0, 0.05) is 5.56 Å². The van der Waals surface area contributed by atoms with Gasteiger partial charge in [0.05, 0.1) is 33.3 Å². The van der Waals surface area contributed by atoms with E-state index in [1.165, 1.54) is 21.8 Å². The van der Waals surface area contributed by atoms with Gasteiger partial charge in [-0.15, -0.1) is 11.3 Å². The number of benzene rings is 1.